The topological polar surface area (TPSA) is 72.7 Å². The molecule has 3 rings (SSSR count). The summed E-state index contributed by atoms with van der Waals surface area (Å²) in [6.45, 7) is 4.08. The van der Waals surface area contributed by atoms with E-state index in [0.717, 1.165) is 11.0 Å². The smallest absolute Gasteiger partial charge is 0.257 e. The van der Waals surface area contributed by atoms with E-state index >= 15 is 0 Å². The molecule has 0 unspecified atom stereocenters. The van der Waals surface area contributed by atoms with E-state index in [0.29, 0.717) is 16.4 Å². The summed E-state index contributed by atoms with van der Waals surface area (Å²) in [4.78, 5) is 20.4. The van der Waals surface area contributed by atoms with Gasteiger partial charge in [-0.15, -0.1) is 0 Å². The van der Waals surface area contributed by atoms with Crippen LogP contribution in [0.25, 0.3) is 11.0 Å². The molecular formula is C15H14ClN5O. The Balaban J connectivity index is 1.85. The molecule has 1 amide bonds. The van der Waals surface area contributed by atoms with Crippen LogP contribution in [0.3, 0.4) is 0 Å². The molecule has 0 aliphatic heterocycles. The highest BCUT2D eigenvalue weighted by atomic mass is 35.5. The van der Waals surface area contributed by atoms with Crippen molar-refractivity contribution in [2.24, 2.45) is 0 Å². The summed E-state index contributed by atoms with van der Waals surface area (Å²) in [5.74, 6) is -0.262. The summed E-state index contributed by atoms with van der Waals surface area (Å²) in [5, 5.41) is 8.31. The lowest BCUT2D eigenvalue weighted by atomic mass is 10.2. The van der Waals surface area contributed by atoms with Crippen LogP contribution in [0.4, 0.5) is 5.69 Å². The van der Waals surface area contributed by atoms with Crippen molar-refractivity contribution in [3.05, 3.63) is 47.5 Å². The SMILES string of the molecule is CC(C)n1ncc2cc(NC(=O)c3ccc(Cl)nc3)cnc21. The molecule has 0 aliphatic carbocycles. The molecule has 6 nitrogen and oxygen atoms in total. The van der Waals surface area contributed by atoms with Crippen molar-refractivity contribution < 1.29 is 4.79 Å². The van der Waals surface area contributed by atoms with Gasteiger partial charge in [-0.25, -0.2) is 14.6 Å². The molecule has 0 atom stereocenters. The fraction of sp³-hybridized carbons (Fsp3) is 0.200. The van der Waals surface area contributed by atoms with Crippen molar-refractivity contribution in [2.75, 3.05) is 5.32 Å². The predicted octanol–water partition coefficient (Wildman–Crippen LogP) is 3.31. The zero-order chi connectivity index (χ0) is 15.7. The number of pyridine rings is 2. The zero-order valence-electron chi connectivity index (χ0n) is 12.1. The van der Waals surface area contributed by atoms with E-state index in [-0.39, 0.29) is 11.9 Å². The highest BCUT2D eigenvalue weighted by Crippen LogP contribution is 2.19. The van der Waals surface area contributed by atoms with Gasteiger partial charge in [0.15, 0.2) is 5.65 Å². The van der Waals surface area contributed by atoms with E-state index in [4.69, 9.17) is 11.6 Å². The summed E-state index contributed by atoms with van der Waals surface area (Å²) >= 11 is 5.71. The molecule has 0 spiro atoms. The second-order valence-corrected chi connectivity index (χ2v) is 5.53. The van der Waals surface area contributed by atoms with Crippen LogP contribution in [0.2, 0.25) is 5.15 Å². The van der Waals surface area contributed by atoms with Gasteiger partial charge in [-0.3, -0.25) is 4.79 Å². The highest BCUT2D eigenvalue weighted by Gasteiger charge is 2.10. The lowest BCUT2D eigenvalue weighted by Crippen LogP contribution is -2.12. The predicted molar refractivity (Wildman–Crippen MR) is 85.1 cm³/mol. The first-order valence-corrected chi connectivity index (χ1v) is 7.18. The van der Waals surface area contributed by atoms with Gasteiger partial charge in [-0.2, -0.15) is 5.10 Å². The molecule has 7 heteroatoms. The molecule has 22 heavy (non-hydrogen) atoms. The molecule has 1 N–H and O–H groups in total. The number of carbonyl (C=O) groups is 1. The van der Waals surface area contributed by atoms with Crippen LogP contribution in [-0.2, 0) is 0 Å². The number of halogens is 1. The molecule has 3 aromatic rings. The normalized spacial score (nSPS) is 11.1. The molecule has 112 valence electrons. The molecule has 0 radical (unpaired) electrons. The maximum atomic E-state index is 12.1. The van der Waals surface area contributed by atoms with Crippen molar-refractivity contribution in [3.63, 3.8) is 0 Å². The van der Waals surface area contributed by atoms with Crippen LogP contribution in [0.15, 0.2) is 36.8 Å². The van der Waals surface area contributed by atoms with E-state index in [1.165, 1.54) is 6.20 Å². The van der Waals surface area contributed by atoms with E-state index in [9.17, 15) is 4.79 Å². The average molecular weight is 316 g/mol. The number of amides is 1. The van der Waals surface area contributed by atoms with Gasteiger partial charge in [-0.1, -0.05) is 11.6 Å². The first kappa shape index (κ1) is 14.5. The van der Waals surface area contributed by atoms with E-state index in [1.807, 2.05) is 24.6 Å². The Morgan fingerprint density at radius 2 is 2.05 bits per heavy atom. The van der Waals surface area contributed by atoms with Gasteiger partial charge in [0.05, 0.1) is 23.6 Å². The number of aromatic nitrogens is 4. The Kier molecular flexibility index (Phi) is 3.77. The second-order valence-electron chi connectivity index (χ2n) is 5.14. The van der Waals surface area contributed by atoms with E-state index < -0.39 is 0 Å². The minimum atomic E-state index is -0.262. The lowest BCUT2D eigenvalue weighted by Gasteiger charge is -2.07. The van der Waals surface area contributed by atoms with Gasteiger partial charge in [0, 0.05) is 17.6 Å². The van der Waals surface area contributed by atoms with Crippen LogP contribution in [-0.4, -0.2) is 25.7 Å². The maximum Gasteiger partial charge on any atom is 0.257 e. The Morgan fingerprint density at radius 1 is 1.23 bits per heavy atom. The quantitative estimate of drug-likeness (QED) is 0.753. The number of nitrogens with zero attached hydrogens (tertiary/aromatic N) is 4. The van der Waals surface area contributed by atoms with Crippen LogP contribution in [0.1, 0.15) is 30.2 Å². The monoisotopic (exact) mass is 315 g/mol. The molecule has 0 aliphatic rings. The van der Waals surface area contributed by atoms with Gasteiger partial charge in [0.1, 0.15) is 5.15 Å². The summed E-state index contributed by atoms with van der Waals surface area (Å²) in [7, 11) is 0. The molecule has 0 saturated carbocycles. The molecule has 0 bridgehead atoms. The zero-order valence-corrected chi connectivity index (χ0v) is 12.9. The summed E-state index contributed by atoms with van der Waals surface area (Å²) < 4.78 is 1.84. The Morgan fingerprint density at radius 3 is 2.73 bits per heavy atom. The second kappa shape index (κ2) is 5.73. The molecule has 3 heterocycles. The fourth-order valence-electron chi connectivity index (χ4n) is 2.10. The fourth-order valence-corrected chi connectivity index (χ4v) is 2.21. The number of carbonyl (C=O) groups excluding carboxylic acids is 1. The lowest BCUT2D eigenvalue weighted by molar-refractivity contribution is 0.102. The minimum Gasteiger partial charge on any atom is -0.321 e. The number of nitrogens with one attached hydrogen (secondary N) is 1. The minimum absolute atomic E-state index is 0.227. The maximum absolute atomic E-state index is 12.1. The number of fused-ring (bicyclic) bond motifs is 1. The van der Waals surface area contributed by atoms with Crippen LogP contribution < -0.4 is 5.32 Å². The van der Waals surface area contributed by atoms with Crippen molar-refractivity contribution >= 4 is 34.2 Å². The van der Waals surface area contributed by atoms with Crippen molar-refractivity contribution in [1.82, 2.24) is 19.7 Å². The van der Waals surface area contributed by atoms with Gasteiger partial charge < -0.3 is 5.32 Å². The van der Waals surface area contributed by atoms with E-state index in [1.54, 1.807) is 24.5 Å². The molecule has 0 fully saturated rings. The number of anilines is 1. The van der Waals surface area contributed by atoms with Gasteiger partial charge in [-0.05, 0) is 32.0 Å². The Hall–Kier alpha value is -2.47. The number of hydrogen-bond acceptors (Lipinski definition) is 4. The van der Waals surface area contributed by atoms with E-state index in [2.05, 4.69) is 20.4 Å². The van der Waals surface area contributed by atoms with Gasteiger partial charge >= 0.3 is 0 Å². The number of rotatable bonds is 3. The largest absolute Gasteiger partial charge is 0.321 e. The molecular weight excluding hydrogens is 302 g/mol. The molecule has 0 aromatic carbocycles. The van der Waals surface area contributed by atoms with Crippen molar-refractivity contribution in [1.29, 1.82) is 0 Å². The Labute approximate surface area is 132 Å². The summed E-state index contributed by atoms with van der Waals surface area (Å²) in [6, 6.07) is 5.26. The molecule has 0 saturated heterocycles. The van der Waals surface area contributed by atoms with Crippen molar-refractivity contribution in [2.45, 2.75) is 19.9 Å². The van der Waals surface area contributed by atoms with Gasteiger partial charge in [0.2, 0.25) is 0 Å². The highest BCUT2D eigenvalue weighted by molar-refractivity contribution is 6.29. The summed E-state index contributed by atoms with van der Waals surface area (Å²) in [6.07, 6.45) is 4.78. The first-order valence-electron chi connectivity index (χ1n) is 6.81. The average Bonchev–Trinajstić information content (AvgIpc) is 2.91. The van der Waals surface area contributed by atoms with Crippen molar-refractivity contribution in [3.8, 4) is 0 Å². The third kappa shape index (κ3) is 2.78. The van der Waals surface area contributed by atoms with Crippen LogP contribution in [0, 0.1) is 0 Å². The third-order valence-electron chi connectivity index (χ3n) is 3.17. The molecule has 3 aromatic heterocycles. The first-order chi connectivity index (χ1) is 10.5. The Bertz CT molecular complexity index is 826. The number of hydrogen-bond donors (Lipinski definition) is 1. The van der Waals surface area contributed by atoms with Crippen LogP contribution >= 0.6 is 11.6 Å². The van der Waals surface area contributed by atoms with Gasteiger partial charge in [0.25, 0.3) is 5.91 Å². The van der Waals surface area contributed by atoms with Crippen LogP contribution in [0.5, 0.6) is 0 Å². The standard InChI is InChI=1S/C15H14ClN5O/c1-9(2)21-14-11(7-19-21)5-12(8-18-14)20-15(22)10-3-4-13(16)17-6-10/h3-9H,1-2H3,(H,20,22). The summed E-state index contributed by atoms with van der Waals surface area (Å²) in [5.41, 5.74) is 1.83. The third-order valence-corrected chi connectivity index (χ3v) is 3.39.